The fraction of sp³-hybridized carbons (Fsp3) is 0.308. The van der Waals surface area contributed by atoms with Gasteiger partial charge in [0.05, 0.1) is 0 Å². The molecule has 0 saturated carbocycles. The van der Waals surface area contributed by atoms with Crippen molar-refractivity contribution in [2.24, 2.45) is 0 Å². The Labute approximate surface area is 131 Å². The molecule has 4 nitrogen and oxygen atoms in total. The first-order chi connectivity index (χ1) is 9.61. The van der Waals surface area contributed by atoms with Crippen molar-refractivity contribution in [2.45, 2.75) is 13.9 Å². The van der Waals surface area contributed by atoms with E-state index in [9.17, 15) is 4.79 Å². The molecular formula is C13H15N3OS3. The Balaban J connectivity index is 2.25. The number of aromatic nitrogens is 2. The summed E-state index contributed by atoms with van der Waals surface area (Å²) in [6, 6.07) is 9.77. The first-order valence-electron chi connectivity index (χ1n) is 5.92. The normalized spacial score (nSPS) is 12.2. The minimum atomic E-state index is -0.283. The molecule has 1 aromatic carbocycles. The quantitative estimate of drug-likeness (QED) is 0.790. The molecule has 0 spiro atoms. The zero-order chi connectivity index (χ0) is 14.5. The molecule has 0 radical (unpaired) electrons. The van der Waals surface area contributed by atoms with E-state index in [0.717, 1.165) is 14.2 Å². The lowest BCUT2D eigenvalue weighted by Crippen LogP contribution is -2.26. The molecule has 1 aromatic heterocycles. The Morgan fingerprint density at radius 3 is 2.40 bits per heavy atom. The number of carbonyl (C=O) groups is 1. The Morgan fingerprint density at radius 2 is 1.85 bits per heavy atom. The third kappa shape index (κ3) is 3.74. The lowest BCUT2D eigenvalue weighted by molar-refractivity contribution is -0.128. The molecule has 1 amide bonds. The predicted octanol–water partition coefficient (Wildman–Crippen LogP) is 3.18. The Bertz CT molecular complexity index is 571. The van der Waals surface area contributed by atoms with E-state index in [1.54, 1.807) is 30.8 Å². The summed E-state index contributed by atoms with van der Waals surface area (Å²) in [5.41, 5.74) is 0.983. The number of rotatable bonds is 5. The van der Waals surface area contributed by atoms with Crippen LogP contribution < -0.4 is 0 Å². The molecule has 0 aliphatic heterocycles. The summed E-state index contributed by atoms with van der Waals surface area (Å²) in [6.07, 6.45) is 1.97. The van der Waals surface area contributed by atoms with Crippen molar-refractivity contribution in [1.82, 2.24) is 15.1 Å². The molecule has 1 heterocycles. The summed E-state index contributed by atoms with van der Waals surface area (Å²) in [7, 11) is 3.54. The van der Waals surface area contributed by atoms with Crippen molar-refractivity contribution in [3.63, 3.8) is 0 Å². The van der Waals surface area contributed by atoms with Crippen LogP contribution in [-0.2, 0) is 4.79 Å². The van der Waals surface area contributed by atoms with Crippen LogP contribution in [0.1, 0.15) is 10.8 Å². The number of hydrogen-bond acceptors (Lipinski definition) is 6. The van der Waals surface area contributed by atoms with Crippen molar-refractivity contribution in [1.29, 1.82) is 0 Å². The van der Waals surface area contributed by atoms with Gasteiger partial charge in [0, 0.05) is 14.1 Å². The molecule has 0 aliphatic rings. The molecular weight excluding hydrogens is 310 g/mol. The number of nitrogens with zero attached hydrogens (tertiary/aromatic N) is 3. The monoisotopic (exact) mass is 325 g/mol. The highest BCUT2D eigenvalue weighted by Crippen LogP contribution is 2.38. The summed E-state index contributed by atoms with van der Waals surface area (Å²) < 4.78 is 1.73. The van der Waals surface area contributed by atoms with Gasteiger partial charge in [-0.3, -0.25) is 4.79 Å². The van der Waals surface area contributed by atoms with Crippen LogP contribution in [0.5, 0.6) is 0 Å². The van der Waals surface area contributed by atoms with Crippen molar-refractivity contribution in [3.05, 3.63) is 35.9 Å². The second-order valence-electron chi connectivity index (χ2n) is 4.18. The molecule has 0 aliphatic carbocycles. The van der Waals surface area contributed by atoms with Gasteiger partial charge in [-0.05, 0) is 11.8 Å². The van der Waals surface area contributed by atoms with E-state index in [-0.39, 0.29) is 11.2 Å². The van der Waals surface area contributed by atoms with Crippen LogP contribution in [-0.4, -0.2) is 41.4 Å². The fourth-order valence-corrected chi connectivity index (χ4v) is 4.33. The molecule has 7 heteroatoms. The van der Waals surface area contributed by atoms with Crippen molar-refractivity contribution in [2.75, 3.05) is 20.4 Å². The lowest BCUT2D eigenvalue weighted by atomic mass is 10.1. The van der Waals surface area contributed by atoms with E-state index in [4.69, 9.17) is 0 Å². The highest BCUT2D eigenvalue weighted by molar-refractivity contribution is 8.03. The van der Waals surface area contributed by atoms with Crippen LogP contribution in [0.15, 0.2) is 39.0 Å². The van der Waals surface area contributed by atoms with Crippen molar-refractivity contribution < 1.29 is 4.79 Å². The molecule has 0 fully saturated rings. The van der Waals surface area contributed by atoms with Crippen LogP contribution in [0.2, 0.25) is 0 Å². The number of likely N-dealkylation sites (N-methyl/N-ethyl adjacent to an activating group) is 1. The minimum absolute atomic E-state index is 0.0575. The molecule has 0 N–H and O–H groups in total. The molecule has 0 bridgehead atoms. The van der Waals surface area contributed by atoms with Gasteiger partial charge in [0.1, 0.15) is 5.25 Å². The average Bonchev–Trinajstić information content (AvgIpc) is 2.92. The van der Waals surface area contributed by atoms with E-state index in [2.05, 4.69) is 10.2 Å². The van der Waals surface area contributed by atoms with Gasteiger partial charge < -0.3 is 4.90 Å². The summed E-state index contributed by atoms with van der Waals surface area (Å²) in [4.78, 5) is 14.0. The van der Waals surface area contributed by atoms with E-state index in [1.807, 2.05) is 36.6 Å². The van der Waals surface area contributed by atoms with E-state index in [1.165, 1.54) is 23.1 Å². The highest BCUT2D eigenvalue weighted by atomic mass is 32.2. The van der Waals surface area contributed by atoms with Gasteiger partial charge in [-0.2, -0.15) is 0 Å². The van der Waals surface area contributed by atoms with Gasteiger partial charge in [-0.15, -0.1) is 10.2 Å². The number of thioether (sulfide) groups is 2. The predicted molar refractivity (Wildman–Crippen MR) is 85.4 cm³/mol. The molecule has 2 rings (SSSR count). The Hall–Kier alpha value is -1.05. The number of benzene rings is 1. The zero-order valence-corrected chi connectivity index (χ0v) is 13.9. The first-order valence-corrected chi connectivity index (χ1v) is 8.84. The maximum Gasteiger partial charge on any atom is 0.240 e. The third-order valence-corrected chi connectivity index (χ3v) is 5.77. The summed E-state index contributed by atoms with van der Waals surface area (Å²) in [5.74, 6) is 0.0575. The second kappa shape index (κ2) is 7.10. The fourth-order valence-electron chi connectivity index (χ4n) is 1.55. The number of carbonyl (C=O) groups excluding carboxylic acids is 1. The maximum absolute atomic E-state index is 12.4. The average molecular weight is 325 g/mol. The highest BCUT2D eigenvalue weighted by Gasteiger charge is 2.25. The third-order valence-electron chi connectivity index (χ3n) is 2.55. The number of hydrogen-bond donors (Lipinski definition) is 0. The molecule has 0 unspecified atom stereocenters. The molecule has 20 heavy (non-hydrogen) atoms. The summed E-state index contributed by atoms with van der Waals surface area (Å²) >= 11 is 4.54. The SMILES string of the molecule is CSc1nnc(S[C@H](C(=O)N(C)C)c2ccccc2)s1. The van der Waals surface area contributed by atoms with E-state index in [0.29, 0.717) is 0 Å². The second-order valence-corrected chi connectivity index (χ2v) is 7.56. The zero-order valence-electron chi connectivity index (χ0n) is 11.4. The molecule has 1 atom stereocenters. The van der Waals surface area contributed by atoms with Gasteiger partial charge in [0.2, 0.25) is 5.91 Å². The van der Waals surface area contributed by atoms with Crippen LogP contribution in [0.25, 0.3) is 0 Å². The smallest absolute Gasteiger partial charge is 0.240 e. The van der Waals surface area contributed by atoms with E-state index >= 15 is 0 Å². The van der Waals surface area contributed by atoms with Gasteiger partial charge in [0.15, 0.2) is 8.68 Å². The van der Waals surface area contributed by atoms with Crippen molar-refractivity contribution in [3.8, 4) is 0 Å². The summed E-state index contributed by atoms with van der Waals surface area (Å²) in [5, 5.41) is 7.92. The Morgan fingerprint density at radius 1 is 1.20 bits per heavy atom. The van der Waals surface area contributed by atoms with Crippen LogP contribution >= 0.6 is 34.9 Å². The van der Waals surface area contributed by atoms with Gasteiger partial charge >= 0.3 is 0 Å². The largest absolute Gasteiger partial charge is 0.348 e. The van der Waals surface area contributed by atoms with Crippen LogP contribution in [0.4, 0.5) is 0 Å². The molecule has 106 valence electrons. The van der Waals surface area contributed by atoms with Crippen molar-refractivity contribution >= 4 is 40.8 Å². The number of amides is 1. The molecule has 0 saturated heterocycles. The molecule has 2 aromatic rings. The van der Waals surface area contributed by atoms with Gasteiger partial charge in [-0.25, -0.2) is 0 Å². The van der Waals surface area contributed by atoms with Gasteiger partial charge in [0.25, 0.3) is 0 Å². The standard InChI is InChI=1S/C13H15N3OS3/c1-16(2)11(17)10(9-7-5-4-6-8-9)19-13-15-14-12(18-3)20-13/h4-8,10H,1-3H3/t10-/m0/s1. The van der Waals surface area contributed by atoms with E-state index < -0.39 is 0 Å². The Kier molecular flexibility index (Phi) is 5.45. The maximum atomic E-state index is 12.4. The lowest BCUT2D eigenvalue weighted by Gasteiger charge is -2.19. The van der Waals surface area contributed by atoms with Crippen LogP contribution in [0.3, 0.4) is 0 Å². The minimum Gasteiger partial charge on any atom is -0.348 e. The topological polar surface area (TPSA) is 46.1 Å². The first kappa shape index (κ1) is 15.3. The van der Waals surface area contributed by atoms with Gasteiger partial charge in [-0.1, -0.05) is 65.2 Å². The van der Waals surface area contributed by atoms with Crippen LogP contribution in [0, 0.1) is 0 Å². The summed E-state index contributed by atoms with van der Waals surface area (Å²) in [6.45, 7) is 0.